The van der Waals surface area contributed by atoms with E-state index in [-0.39, 0.29) is 0 Å². The van der Waals surface area contributed by atoms with Crippen molar-refractivity contribution in [1.82, 2.24) is 19.7 Å². The third-order valence-electron chi connectivity index (χ3n) is 3.65. The van der Waals surface area contributed by atoms with Crippen molar-refractivity contribution < 1.29 is 4.74 Å². The average Bonchev–Trinajstić information content (AvgIpc) is 3.17. The molecule has 1 aromatic carbocycles. The second-order valence-electron chi connectivity index (χ2n) is 5.52. The van der Waals surface area contributed by atoms with E-state index >= 15 is 0 Å². The Kier molecular flexibility index (Phi) is 4.44. The summed E-state index contributed by atoms with van der Waals surface area (Å²) >= 11 is 13.7. The second kappa shape index (κ2) is 6.75. The predicted octanol–water partition coefficient (Wildman–Crippen LogP) is 5.24. The molecule has 0 bridgehead atoms. The van der Waals surface area contributed by atoms with Crippen molar-refractivity contribution in [2.45, 2.75) is 6.92 Å². The number of pyridine rings is 1. The number of benzene rings is 1. The Labute approximate surface area is 163 Å². The molecular formula is C17H13Cl2N5OS. The van der Waals surface area contributed by atoms with Gasteiger partial charge in [0.25, 0.3) is 0 Å². The summed E-state index contributed by atoms with van der Waals surface area (Å²) in [4.78, 5) is 8.89. The summed E-state index contributed by atoms with van der Waals surface area (Å²) in [6, 6.07) is 9.31. The Morgan fingerprint density at radius 3 is 2.81 bits per heavy atom. The van der Waals surface area contributed by atoms with E-state index < -0.39 is 0 Å². The topological polar surface area (TPSA) is 64.9 Å². The third-order valence-corrected chi connectivity index (χ3v) is 5.07. The van der Waals surface area contributed by atoms with Gasteiger partial charge >= 0.3 is 0 Å². The van der Waals surface area contributed by atoms with Crippen LogP contribution in [0.25, 0.3) is 16.0 Å². The molecule has 0 radical (unpaired) electrons. The number of nitrogens with zero attached hydrogens (tertiary/aromatic N) is 4. The first-order valence-corrected chi connectivity index (χ1v) is 9.20. The van der Waals surface area contributed by atoms with Crippen LogP contribution in [0, 0.1) is 6.92 Å². The summed E-state index contributed by atoms with van der Waals surface area (Å²) in [5, 5.41) is 9.39. The number of nitrogens with one attached hydrogen (secondary N) is 1. The zero-order chi connectivity index (χ0) is 18.3. The van der Waals surface area contributed by atoms with E-state index in [1.807, 2.05) is 31.2 Å². The molecule has 0 saturated heterocycles. The maximum atomic E-state index is 6.28. The number of thiazole rings is 1. The summed E-state index contributed by atoms with van der Waals surface area (Å²) in [6.07, 6.45) is 1.54. The van der Waals surface area contributed by atoms with Crippen LogP contribution in [0.1, 0.15) is 5.69 Å². The molecule has 0 amide bonds. The first kappa shape index (κ1) is 17.1. The fourth-order valence-corrected chi connectivity index (χ4v) is 3.87. The number of methoxy groups -OCH3 is 1. The number of ether oxygens (including phenoxy) is 1. The van der Waals surface area contributed by atoms with Gasteiger partial charge in [0, 0.05) is 12.3 Å². The second-order valence-corrected chi connectivity index (χ2v) is 7.39. The summed E-state index contributed by atoms with van der Waals surface area (Å²) in [6.45, 7) is 1.90. The fraction of sp³-hybridized carbons (Fsp3) is 0.118. The number of aryl methyl sites for hydroxylation is 1. The minimum atomic E-state index is 0.415. The van der Waals surface area contributed by atoms with E-state index in [9.17, 15) is 0 Å². The molecule has 0 aliphatic rings. The number of fused-ring (bicyclic) bond motifs is 1. The van der Waals surface area contributed by atoms with Crippen molar-refractivity contribution in [3.8, 4) is 11.6 Å². The lowest BCUT2D eigenvalue weighted by molar-refractivity contribution is 0.415. The van der Waals surface area contributed by atoms with Gasteiger partial charge in [-0.3, -0.25) is 0 Å². The molecule has 1 N–H and O–H groups in total. The van der Waals surface area contributed by atoms with Crippen LogP contribution in [0.3, 0.4) is 0 Å². The van der Waals surface area contributed by atoms with Gasteiger partial charge in [0.05, 0.1) is 33.1 Å². The number of halogens is 2. The van der Waals surface area contributed by atoms with Crippen molar-refractivity contribution >= 4 is 55.7 Å². The highest BCUT2D eigenvalue weighted by Crippen LogP contribution is 2.32. The van der Waals surface area contributed by atoms with E-state index in [1.54, 1.807) is 17.9 Å². The van der Waals surface area contributed by atoms with Crippen molar-refractivity contribution in [3.05, 3.63) is 52.3 Å². The monoisotopic (exact) mass is 405 g/mol. The van der Waals surface area contributed by atoms with E-state index in [4.69, 9.17) is 27.9 Å². The lowest BCUT2D eigenvalue weighted by Gasteiger charge is -2.08. The smallest absolute Gasteiger partial charge is 0.189 e. The van der Waals surface area contributed by atoms with Gasteiger partial charge in [0.2, 0.25) is 0 Å². The van der Waals surface area contributed by atoms with E-state index in [0.717, 1.165) is 26.8 Å². The fourth-order valence-electron chi connectivity index (χ4n) is 2.51. The number of aromatic nitrogens is 4. The summed E-state index contributed by atoms with van der Waals surface area (Å²) in [5.41, 5.74) is 1.71. The Balaban J connectivity index is 1.73. The molecule has 0 atom stereocenters. The molecule has 3 aromatic heterocycles. The number of rotatable bonds is 4. The van der Waals surface area contributed by atoms with Gasteiger partial charge in [-0.2, -0.15) is 9.78 Å². The zero-order valence-corrected chi connectivity index (χ0v) is 16.2. The van der Waals surface area contributed by atoms with Gasteiger partial charge < -0.3 is 10.1 Å². The normalized spacial score (nSPS) is 11.1. The molecule has 0 spiro atoms. The molecule has 26 heavy (non-hydrogen) atoms. The lowest BCUT2D eigenvalue weighted by Crippen LogP contribution is -2.05. The molecule has 0 fully saturated rings. The molecule has 6 nitrogen and oxygen atoms in total. The number of hydrogen-bond donors (Lipinski definition) is 1. The molecule has 4 rings (SSSR count). The van der Waals surface area contributed by atoms with Crippen molar-refractivity contribution in [2.24, 2.45) is 0 Å². The van der Waals surface area contributed by atoms with Gasteiger partial charge in [-0.25, -0.2) is 9.97 Å². The molecule has 0 unspecified atom stereocenters. The molecule has 132 valence electrons. The molecule has 0 aliphatic heterocycles. The van der Waals surface area contributed by atoms with Crippen LogP contribution in [0.5, 0.6) is 5.75 Å². The van der Waals surface area contributed by atoms with Crippen LogP contribution in [-0.4, -0.2) is 26.9 Å². The number of hydrogen-bond acceptors (Lipinski definition) is 6. The lowest BCUT2D eigenvalue weighted by atomic mass is 10.3. The minimum Gasteiger partial charge on any atom is -0.497 e. The summed E-state index contributed by atoms with van der Waals surface area (Å²) < 4.78 is 7.93. The van der Waals surface area contributed by atoms with Crippen LogP contribution in [0.15, 0.2) is 36.5 Å². The average molecular weight is 406 g/mol. The van der Waals surface area contributed by atoms with Crippen LogP contribution in [0.4, 0.5) is 10.9 Å². The van der Waals surface area contributed by atoms with Crippen LogP contribution in [-0.2, 0) is 0 Å². The van der Waals surface area contributed by atoms with E-state index in [1.165, 1.54) is 17.5 Å². The van der Waals surface area contributed by atoms with Gasteiger partial charge in [0.15, 0.2) is 10.9 Å². The van der Waals surface area contributed by atoms with Crippen molar-refractivity contribution in [2.75, 3.05) is 12.4 Å². The number of anilines is 2. The van der Waals surface area contributed by atoms with Crippen molar-refractivity contribution in [3.63, 3.8) is 0 Å². The highest BCUT2D eigenvalue weighted by Gasteiger charge is 2.14. The molecule has 4 aromatic rings. The van der Waals surface area contributed by atoms with Gasteiger partial charge in [0.1, 0.15) is 11.6 Å². The van der Waals surface area contributed by atoms with Gasteiger partial charge in [-0.1, -0.05) is 34.5 Å². The maximum Gasteiger partial charge on any atom is 0.189 e. The molecule has 3 heterocycles. The molecule has 0 aliphatic carbocycles. The van der Waals surface area contributed by atoms with Crippen LogP contribution >= 0.6 is 34.5 Å². The largest absolute Gasteiger partial charge is 0.497 e. The quantitative estimate of drug-likeness (QED) is 0.502. The Morgan fingerprint density at radius 1 is 1.19 bits per heavy atom. The highest BCUT2D eigenvalue weighted by atomic mass is 35.5. The SMILES string of the molecule is COc1ccc2nc(Nc3cc(C)nn3-c3ncc(Cl)cc3Cl)sc2c1. The van der Waals surface area contributed by atoms with Crippen LogP contribution in [0.2, 0.25) is 10.0 Å². The third kappa shape index (κ3) is 3.21. The molecule has 0 saturated carbocycles. The minimum absolute atomic E-state index is 0.415. The van der Waals surface area contributed by atoms with E-state index in [2.05, 4.69) is 20.4 Å². The first-order chi connectivity index (χ1) is 12.5. The highest BCUT2D eigenvalue weighted by molar-refractivity contribution is 7.22. The summed E-state index contributed by atoms with van der Waals surface area (Å²) in [5.74, 6) is 2.01. The van der Waals surface area contributed by atoms with Gasteiger partial charge in [-0.15, -0.1) is 0 Å². The zero-order valence-electron chi connectivity index (χ0n) is 13.8. The molecular weight excluding hydrogens is 393 g/mol. The standard InChI is InChI=1S/C17H13Cl2N5OS/c1-9-5-15(24(23-9)16-12(19)6-10(18)8-20-16)22-17-21-13-4-3-11(25-2)7-14(13)26-17/h3-8H,1-2H3,(H,21,22). The Morgan fingerprint density at radius 2 is 2.04 bits per heavy atom. The Bertz CT molecular complexity index is 1110. The Hall–Kier alpha value is -2.35. The molecule has 9 heteroatoms. The first-order valence-electron chi connectivity index (χ1n) is 7.63. The van der Waals surface area contributed by atoms with Crippen LogP contribution < -0.4 is 10.1 Å². The van der Waals surface area contributed by atoms with Crippen molar-refractivity contribution in [1.29, 1.82) is 0 Å². The maximum absolute atomic E-state index is 6.28. The van der Waals surface area contributed by atoms with Gasteiger partial charge in [-0.05, 0) is 31.2 Å². The predicted molar refractivity (Wildman–Crippen MR) is 106 cm³/mol. The summed E-state index contributed by atoms with van der Waals surface area (Å²) in [7, 11) is 1.64. The van der Waals surface area contributed by atoms with E-state index in [0.29, 0.717) is 21.7 Å².